The fourth-order valence-corrected chi connectivity index (χ4v) is 3.90. The maximum atomic E-state index is 12.7. The number of hydrogen-bond donors (Lipinski definition) is 1. The van der Waals surface area contributed by atoms with Crippen LogP contribution in [0.2, 0.25) is 0 Å². The van der Waals surface area contributed by atoms with Crippen LogP contribution in [-0.2, 0) is 14.8 Å². The highest BCUT2D eigenvalue weighted by Gasteiger charge is 2.19. The highest BCUT2D eigenvalue weighted by Crippen LogP contribution is 2.23. The van der Waals surface area contributed by atoms with E-state index in [4.69, 9.17) is 9.88 Å². The Kier molecular flexibility index (Phi) is 6.15. The predicted octanol–water partition coefficient (Wildman–Crippen LogP) is 3.40. The summed E-state index contributed by atoms with van der Waals surface area (Å²) in [5.74, 6) is -1.05. The van der Waals surface area contributed by atoms with Gasteiger partial charge in [-0.3, -0.25) is 4.79 Å². The number of sulfonamides is 1. The zero-order valence-electron chi connectivity index (χ0n) is 17.8. The van der Waals surface area contributed by atoms with Gasteiger partial charge in [-0.2, -0.15) is 0 Å². The normalized spacial score (nSPS) is 11.4. The number of nitrogens with zero attached hydrogens (tertiary/aromatic N) is 1. The van der Waals surface area contributed by atoms with E-state index in [2.05, 4.69) is 6.07 Å². The van der Waals surface area contributed by atoms with Gasteiger partial charge >= 0.3 is 5.97 Å². The molecule has 3 rings (SSSR count). The molecule has 0 spiro atoms. The number of ketones is 1. The van der Waals surface area contributed by atoms with Gasteiger partial charge in [-0.25, -0.2) is 18.4 Å². The number of aromatic nitrogens is 1. The minimum Gasteiger partial charge on any atom is -0.454 e. The third-order valence-electron chi connectivity index (χ3n) is 5.23. The van der Waals surface area contributed by atoms with E-state index in [0.717, 1.165) is 22.6 Å². The van der Waals surface area contributed by atoms with E-state index in [9.17, 15) is 18.0 Å². The maximum Gasteiger partial charge on any atom is 0.338 e. The molecule has 1 aromatic heterocycles. The smallest absolute Gasteiger partial charge is 0.338 e. The number of aryl methyl sites for hydroxylation is 3. The monoisotopic (exact) mass is 440 g/mol. The molecule has 0 aliphatic carbocycles. The number of carbonyl (C=O) groups excluding carboxylic acids is 2. The standard InChI is InChI=1S/C23H24N2O5S/c1-14-5-8-19(11-15(14)2)25-16(3)12-21(17(25)4)22(26)13-30-23(27)18-6-9-20(10-7-18)31(24,28)29/h5-12H,13H2,1-4H3,(H2,24,28,29). The lowest BCUT2D eigenvalue weighted by Crippen LogP contribution is -2.16. The molecule has 2 N–H and O–H groups in total. The molecule has 0 radical (unpaired) electrons. The summed E-state index contributed by atoms with van der Waals surface area (Å²) < 4.78 is 29.7. The van der Waals surface area contributed by atoms with Crippen LogP contribution in [0.25, 0.3) is 5.69 Å². The average Bonchev–Trinajstić information content (AvgIpc) is 3.01. The van der Waals surface area contributed by atoms with Gasteiger partial charge in [-0.15, -0.1) is 0 Å². The molecule has 0 saturated carbocycles. The second-order valence-corrected chi connectivity index (χ2v) is 9.02. The second-order valence-electron chi connectivity index (χ2n) is 7.46. The van der Waals surface area contributed by atoms with Gasteiger partial charge in [0.05, 0.1) is 10.5 Å². The molecule has 0 amide bonds. The topological polar surface area (TPSA) is 108 Å². The molecule has 3 aromatic rings. The fourth-order valence-electron chi connectivity index (χ4n) is 3.38. The van der Waals surface area contributed by atoms with Gasteiger partial charge in [0.1, 0.15) is 0 Å². The molecule has 8 heteroatoms. The first-order chi connectivity index (χ1) is 14.5. The van der Waals surface area contributed by atoms with Crippen LogP contribution in [0.1, 0.15) is 43.2 Å². The Balaban J connectivity index is 1.75. The first kappa shape index (κ1) is 22.5. The van der Waals surface area contributed by atoms with E-state index < -0.39 is 22.6 Å². The maximum absolute atomic E-state index is 12.7. The number of esters is 1. The van der Waals surface area contributed by atoms with Gasteiger partial charge < -0.3 is 9.30 Å². The van der Waals surface area contributed by atoms with Crippen LogP contribution >= 0.6 is 0 Å². The van der Waals surface area contributed by atoms with Crippen molar-refractivity contribution in [1.82, 2.24) is 4.57 Å². The SMILES string of the molecule is Cc1ccc(-n2c(C)cc(C(=O)COC(=O)c3ccc(S(N)(=O)=O)cc3)c2C)cc1C. The van der Waals surface area contributed by atoms with Crippen LogP contribution in [0, 0.1) is 27.7 Å². The molecule has 2 aromatic carbocycles. The molecule has 0 bridgehead atoms. The lowest BCUT2D eigenvalue weighted by molar-refractivity contribution is 0.0474. The molecule has 0 fully saturated rings. The molecular weight excluding hydrogens is 416 g/mol. The number of primary sulfonamides is 1. The van der Waals surface area contributed by atoms with Crippen LogP contribution < -0.4 is 5.14 Å². The van der Waals surface area contributed by atoms with Crippen LogP contribution in [0.15, 0.2) is 53.4 Å². The first-order valence-corrected chi connectivity index (χ1v) is 11.1. The Morgan fingerprint density at radius 1 is 0.935 bits per heavy atom. The highest BCUT2D eigenvalue weighted by molar-refractivity contribution is 7.89. The molecule has 0 aliphatic rings. The molecule has 1 heterocycles. The number of rotatable bonds is 6. The Morgan fingerprint density at radius 3 is 2.16 bits per heavy atom. The minimum absolute atomic E-state index is 0.112. The highest BCUT2D eigenvalue weighted by atomic mass is 32.2. The van der Waals surface area contributed by atoms with E-state index in [-0.39, 0.29) is 16.2 Å². The third-order valence-corrected chi connectivity index (χ3v) is 6.16. The summed E-state index contributed by atoms with van der Waals surface area (Å²) in [5, 5.41) is 5.04. The lowest BCUT2D eigenvalue weighted by Gasteiger charge is -2.12. The summed E-state index contributed by atoms with van der Waals surface area (Å²) in [7, 11) is -3.85. The first-order valence-electron chi connectivity index (χ1n) is 9.59. The van der Waals surface area contributed by atoms with Crippen LogP contribution in [0.3, 0.4) is 0 Å². The van der Waals surface area contributed by atoms with Gasteiger partial charge in [0, 0.05) is 22.6 Å². The van der Waals surface area contributed by atoms with Gasteiger partial charge in [0.2, 0.25) is 15.8 Å². The Hall–Kier alpha value is -3.23. The number of nitrogens with two attached hydrogens (primary N) is 1. The van der Waals surface area contributed by atoms with E-state index in [1.165, 1.54) is 29.8 Å². The summed E-state index contributed by atoms with van der Waals surface area (Å²) in [6.07, 6.45) is 0. The zero-order chi connectivity index (χ0) is 22.9. The van der Waals surface area contributed by atoms with Crippen molar-refractivity contribution in [3.8, 4) is 5.69 Å². The fraction of sp³-hybridized carbons (Fsp3) is 0.217. The van der Waals surface area contributed by atoms with Crippen molar-refractivity contribution in [2.75, 3.05) is 6.61 Å². The molecule has 7 nitrogen and oxygen atoms in total. The molecule has 31 heavy (non-hydrogen) atoms. The van der Waals surface area contributed by atoms with Crippen LogP contribution in [0.4, 0.5) is 0 Å². The number of hydrogen-bond acceptors (Lipinski definition) is 5. The van der Waals surface area contributed by atoms with Crippen molar-refractivity contribution >= 4 is 21.8 Å². The van der Waals surface area contributed by atoms with E-state index in [0.29, 0.717) is 5.56 Å². The summed E-state index contributed by atoms with van der Waals surface area (Å²) in [5.41, 5.74) is 5.57. The van der Waals surface area contributed by atoms with Crippen molar-refractivity contribution in [1.29, 1.82) is 0 Å². The van der Waals surface area contributed by atoms with E-state index in [1.54, 1.807) is 6.07 Å². The third kappa shape index (κ3) is 4.76. The largest absolute Gasteiger partial charge is 0.454 e. The predicted molar refractivity (Wildman–Crippen MR) is 117 cm³/mol. The number of Topliss-reactive ketones (excluding diaryl/α,β-unsaturated/α-hetero) is 1. The number of ether oxygens (including phenoxy) is 1. The van der Waals surface area contributed by atoms with Crippen LogP contribution in [0.5, 0.6) is 0 Å². The minimum atomic E-state index is -3.85. The zero-order valence-corrected chi connectivity index (χ0v) is 18.6. The summed E-state index contributed by atoms with van der Waals surface area (Å²) in [6.45, 7) is 7.42. The number of carbonyl (C=O) groups is 2. The molecule has 0 saturated heterocycles. The van der Waals surface area contributed by atoms with Crippen molar-refractivity contribution in [3.63, 3.8) is 0 Å². The van der Waals surface area contributed by atoms with Crippen molar-refractivity contribution in [2.45, 2.75) is 32.6 Å². The Morgan fingerprint density at radius 2 is 1.58 bits per heavy atom. The van der Waals surface area contributed by atoms with Crippen LogP contribution in [-0.4, -0.2) is 31.3 Å². The lowest BCUT2D eigenvalue weighted by atomic mass is 10.1. The molecular formula is C23H24N2O5S. The quantitative estimate of drug-likeness (QED) is 0.467. The molecule has 162 valence electrons. The van der Waals surface area contributed by atoms with Gasteiger partial charge in [0.25, 0.3) is 0 Å². The van der Waals surface area contributed by atoms with Gasteiger partial charge in [0.15, 0.2) is 6.61 Å². The Bertz CT molecular complexity index is 1270. The molecule has 0 atom stereocenters. The summed E-state index contributed by atoms with van der Waals surface area (Å²) >= 11 is 0. The van der Waals surface area contributed by atoms with Gasteiger partial charge in [-0.05, 0) is 81.3 Å². The van der Waals surface area contributed by atoms with E-state index >= 15 is 0 Å². The molecule has 0 aliphatic heterocycles. The van der Waals surface area contributed by atoms with Crippen molar-refractivity contribution in [2.24, 2.45) is 5.14 Å². The van der Waals surface area contributed by atoms with Crippen molar-refractivity contribution < 1.29 is 22.7 Å². The summed E-state index contributed by atoms with van der Waals surface area (Å²) in [6, 6.07) is 12.9. The van der Waals surface area contributed by atoms with Gasteiger partial charge in [-0.1, -0.05) is 6.07 Å². The average molecular weight is 441 g/mol. The number of benzene rings is 2. The second kappa shape index (κ2) is 8.49. The molecule has 0 unspecified atom stereocenters. The Labute approximate surface area is 181 Å². The van der Waals surface area contributed by atoms with E-state index in [1.807, 2.05) is 44.4 Å². The van der Waals surface area contributed by atoms with Crippen molar-refractivity contribution in [3.05, 3.63) is 82.2 Å². The summed E-state index contributed by atoms with van der Waals surface area (Å²) in [4.78, 5) is 24.8.